The van der Waals surface area contributed by atoms with Gasteiger partial charge in [-0.15, -0.1) is 0 Å². The van der Waals surface area contributed by atoms with Gasteiger partial charge in [0.2, 0.25) is 0 Å². The molecule has 0 aliphatic carbocycles. The van der Waals surface area contributed by atoms with Gasteiger partial charge in [0.25, 0.3) is 0 Å². The topological polar surface area (TPSA) is 96.0 Å². The van der Waals surface area contributed by atoms with Crippen molar-refractivity contribution in [3.05, 3.63) is 79.1 Å². The van der Waals surface area contributed by atoms with E-state index < -0.39 is 0 Å². The first-order valence-corrected chi connectivity index (χ1v) is 9.91. The molecule has 2 N–H and O–H groups in total. The van der Waals surface area contributed by atoms with E-state index in [0.29, 0.717) is 0 Å². The quantitative estimate of drug-likeness (QED) is 0.437. The predicted molar refractivity (Wildman–Crippen MR) is 120 cm³/mol. The average molecular weight is 403 g/mol. The molecule has 6 rings (SSSR count). The SMILES string of the molecule is Cc1ccncc1-c1cnc2[nH]nc(-c3cc4c(-c5cccnc5)nccc4[nH]3)c2c1. The van der Waals surface area contributed by atoms with Gasteiger partial charge in [0.15, 0.2) is 5.65 Å². The van der Waals surface area contributed by atoms with Gasteiger partial charge in [0.05, 0.1) is 11.4 Å². The van der Waals surface area contributed by atoms with Crippen LogP contribution >= 0.6 is 0 Å². The molecule has 0 radical (unpaired) electrons. The third-order valence-corrected chi connectivity index (χ3v) is 5.50. The molecule has 0 unspecified atom stereocenters. The summed E-state index contributed by atoms with van der Waals surface area (Å²) in [6, 6.07) is 12.1. The zero-order valence-electron chi connectivity index (χ0n) is 16.7. The zero-order chi connectivity index (χ0) is 20.8. The van der Waals surface area contributed by atoms with Crippen molar-refractivity contribution in [2.24, 2.45) is 0 Å². The van der Waals surface area contributed by atoms with Crippen LogP contribution in [0.5, 0.6) is 0 Å². The second-order valence-electron chi connectivity index (χ2n) is 7.43. The summed E-state index contributed by atoms with van der Waals surface area (Å²) in [5.41, 5.74) is 8.54. The normalized spacial score (nSPS) is 11.4. The molecule has 0 atom stereocenters. The maximum atomic E-state index is 4.59. The zero-order valence-corrected chi connectivity index (χ0v) is 16.7. The first-order valence-electron chi connectivity index (χ1n) is 9.91. The van der Waals surface area contributed by atoms with Crippen LogP contribution in [0.3, 0.4) is 0 Å². The first kappa shape index (κ1) is 17.5. The fourth-order valence-corrected chi connectivity index (χ4v) is 3.94. The predicted octanol–water partition coefficient (Wildman–Crippen LogP) is 4.93. The van der Waals surface area contributed by atoms with Gasteiger partial charge in [0, 0.05) is 70.2 Å². The molecule has 0 fully saturated rings. The van der Waals surface area contributed by atoms with E-state index in [0.717, 1.165) is 61.3 Å². The van der Waals surface area contributed by atoms with Crippen LogP contribution in [0.4, 0.5) is 0 Å². The number of aryl methyl sites for hydroxylation is 1. The van der Waals surface area contributed by atoms with Crippen LogP contribution in [0.25, 0.3) is 55.7 Å². The summed E-state index contributed by atoms with van der Waals surface area (Å²) in [6.07, 6.45) is 10.9. The van der Waals surface area contributed by atoms with Crippen molar-refractivity contribution < 1.29 is 0 Å². The highest BCUT2D eigenvalue weighted by atomic mass is 15.2. The Labute approximate surface area is 177 Å². The maximum Gasteiger partial charge on any atom is 0.155 e. The van der Waals surface area contributed by atoms with E-state index in [1.165, 1.54) is 0 Å². The summed E-state index contributed by atoms with van der Waals surface area (Å²) in [5.74, 6) is 0. The van der Waals surface area contributed by atoms with Crippen molar-refractivity contribution in [2.75, 3.05) is 0 Å². The summed E-state index contributed by atoms with van der Waals surface area (Å²) in [4.78, 5) is 21.2. The second kappa shape index (κ2) is 6.84. The van der Waals surface area contributed by atoms with Crippen molar-refractivity contribution in [1.82, 2.24) is 35.1 Å². The minimum absolute atomic E-state index is 0.740. The average Bonchev–Trinajstić information content (AvgIpc) is 3.43. The van der Waals surface area contributed by atoms with Gasteiger partial charge in [-0.05, 0) is 48.9 Å². The van der Waals surface area contributed by atoms with Gasteiger partial charge in [-0.3, -0.25) is 20.1 Å². The molecule has 0 aromatic carbocycles. The van der Waals surface area contributed by atoms with Crippen molar-refractivity contribution in [1.29, 1.82) is 0 Å². The third-order valence-electron chi connectivity index (χ3n) is 5.50. The van der Waals surface area contributed by atoms with Crippen molar-refractivity contribution in [3.8, 4) is 33.8 Å². The Morgan fingerprint density at radius 2 is 1.71 bits per heavy atom. The van der Waals surface area contributed by atoms with Gasteiger partial charge in [0.1, 0.15) is 5.69 Å². The molecule has 0 saturated heterocycles. The van der Waals surface area contributed by atoms with Crippen molar-refractivity contribution >= 4 is 21.9 Å². The Balaban J connectivity index is 1.52. The number of rotatable bonds is 3. The molecule has 7 heteroatoms. The monoisotopic (exact) mass is 403 g/mol. The molecular formula is C24H17N7. The van der Waals surface area contributed by atoms with E-state index in [1.54, 1.807) is 18.6 Å². The molecule has 31 heavy (non-hydrogen) atoms. The Morgan fingerprint density at radius 1 is 0.774 bits per heavy atom. The fourth-order valence-electron chi connectivity index (χ4n) is 3.94. The van der Waals surface area contributed by atoms with E-state index in [9.17, 15) is 0 Å². The summed E-state index contributed by atoms with van der Waals surface area (Å²) in [7, 11) is 0. The summed E-state index contributed by atoms with van der Waals surface area (Å²) in [5, 5.41) is 9.57. The number of nitrogens with zero attached hydrogens (tertiary/aromatic N) is 5. The third kappa shape index (κ3) is 2.86. The van der Waals surface area contributed by atoms with Gasteiger partial charge >= 0.3 is 0 Å². The lowest BCUT2D eigenvalue weighted by atomic mass is 10.0. The smallest absolute Gasteiger partial charge is 0.155 e. The second-order valence-corrected chi connectivity index (χ2v) is 7.43. The molecule has 0 amide bonds. The highest BCUT2D eigenvalue weighted by molar-refractivity contribution is 5.99. The number of H-pyrrole nitrogens is 2. The van der Waals surface area contributed by atoms with Crippen molar-refractivity contribution in [2.45, 2.75) is 6.92 Å². The molecule has 0 saturated carbocycles. The standard InChI is InChI=1S/C24H17N7/c1-14-4-7-26-13-19(14)16-9-18-23(30-31-24(18)28-12-16)21-10-17-20(29-21)5-8-27-22(17)15-3-2-6-25-11-15/h2-13,29H,1H3,(H,28,30,31). The summed E-state index contributed by atoms with van der Waals surface area (Å²) < 4.78 is 0. The van der Waals surface area contributed by atoms with Crippen molar-refractivity contribution in [3.63, 3.8) is 0 Å². The first-order chi connectivity index (χ1) is 15.3. The number of hydrogen-bond donors (Lipinski definition) is 2. The van der Waals surface area contributed by atoms with E-state index in [-0.39, 0.29) is 0 Å². The fraction of sp³-hybridized carbons (Fsp3) is 0.0417. The van der Waals surface area contributed by atoms with Crippen LogP contribution in [0.1, 0.15) is 5.56 Å². The van der Waals surface area contributed by atoms with E-state index in [4.69, 9.17) is 0 Å². The number of fused-ring (bicyclic) bond motifs is 2. The number of nitrogens with one attached hydrogen (secondary N) is 2. The molecule has 6 heterocycles. The van der Waals surface area contributed by atoms with Crippen LogP contribution in [-0.4, -0.2) is 35.1 Å². The Bertz CT molecular complexity index is 1550. The molecule has 6 aromatic rings. The summed E-state index contributed by atoms with van der Waals surface area (Å²) in [6.45, 7) is 2.07. The van der Waals surface area contributed by atoms with E-state index >= 15 is 0 Å². The maximum absolute atomic E-state index is 4.59. The molecule has 0 aliphatic rings. The molecule has 7 nitrogen and oxygen atoms in total. The number of pyridine rings is 4. The van der Waals surface area contributed by atoms with Crippen LogP contribution in [0.15, 0.2) is 73.6 Å². The molecule has 0 bridgehead atoms. The van der Waals surface area contributed by atoms with Gasteiger partial charge in [-0.1, -0.05) is 0 Å². The highest BCUT2D eigenvalue weighted by Crippen LogP contribution is 2.33. The van der Waals surface area contributed by atoms with Gasteiger partial charge in [-0.25, -0.2) is 4.98 Å². The minimum Gasteiger partial charge on any atom is -0.353 e. The highest BCUT2D eigenvalue weighted by Gasteiger charge is 2.16. The van der Waals surface area contributed by atoms with Gasteiger partial charge in [-0.2, -0.15) is 5.10 Å². The molecule has 0 spiro atoms. The lowest BCUT2D eigenvalue weighted by Crippen LogP contribution is -1.87. The lowest BCUT2D eigenvalue weighted by molar-refractivity contribution is 1.10. The Hall–Kier alpha value is -4.39. The van der Waals surface area contributed by atoms with Crippen LogP contribution in [0.2, 0.25) is 0 Å². The number of aromatic nitrogens is 7. The van der Waals surface area contributed by atoms with Crippen LogP contribution in [-0.2, 0) is 0 Å². The van der Waals surface area contributed by atoms with Gasteiger partial charge < -0.3 is 4.98 Å². The van der Waals surface area contributed by atoms with Crippen LogP contribution in [0, 0.1) is 6.92 Å². The van der Waals surface area contributed by atoms with E-state index in [1.807, 2.05) is 42.9 Å². The molecule has 148 valence electrons. The summed E-state index contributed by atoms with van der Waals surface area (Å²) >= 11 is 0. The lowest BCUT2D eigenvalue weighted by Gasteiger charge is -2.04. The Kier molecular flexibility index (Phi) is 3.86. The minimum atomic E-state index is 0.740. The number of hydrogen-bond acceptors (Lipinski definition) is 5. The van der Waals surface area contributed by atoms with E-state index in [2.05, 4.69) is 54.2 Å². The molecule has 6 aromatic heterocycles. The Morgan fingerprint density at radius 3 is 2.58 bits per heavy atom. The van der Waals surface area contributed by atoms with Crippen LogP contribution < -0.4 is 0 Å². The number of aromatic amines is 2. The molecular weight excluding hydrogens is 386 g/mol. The molecule has 0 aliphatic heterocycles. The largest absolute Gasteiger partial charge is 0.353 e.